The third-order valence-electron chi connectivity index (χ3n) is 1.59. The summed E-state index contributed by atoms with van der Waals surface area (Å²) in [6.45, 7) is 1.38. The average Bonchev–Trinajstić information content (AvgIpc) is 1.59. The van der Waals surface area contributed by atoms with Gasteiger partial charge in [-0.15, -0.1) is 0 Å². The summed E-state index contributed by atoms with van der Waals surface area (Å²) in [4.78, 5) is 1.93. The van der Waals surface area contributed by atoms with Crippen LogP contribution in [0.4, 0.5) is 0 Å². The van der Waals surface area contributed by atoms with Gasteiger partial charge < -0.3 is 15.1 Å². The molecule has 1 rings (SSSR count). The number of hydrogen-bond acceptors (Lipinski definition) is 3. The molecule has 0 amide bonds. The number of likely N-dealkylation sites (N-methyl/N-ethyl adjacent to an activating group) is 1. The minimum atomic E-state index is -0.334. The molecule has 0 saturated carbocycles. The molecule has 2 N–H and O–H groups in total. The van der Waals surface area contributed by atoms with Gasteiger partial charge in [-0.3, -0.25) is 0 Å². The fraction of sp³-hybridized carbons (Fsp3) is 1.00. The minimum Gasteiger partial charge on any atom is -0.392 e. The van der Waals surface area contributed by atoms with Gasteiger partial charge in [0.05, 0.1) is 12.2 Å². The highest BCUT2D eigenvalue weighted by Gasteiger charge is 2.20. The SMILES string of the molecule is CN1C[C@@H](O)C[C@H](O)C1. The van der Waals surface area contributed by atoms with E-state index in [0.717, 1.165) is 0 Å². The topological polar surface area (TPSA) is 43.7 Å². The molecule has 2 atom stereocenters. The Morgan fingerprint density at radius 3 is 2.00 bits per heavy atom. The van der Waals surface area contributed by atoms with Crippen LogP contribution in [0.25, 0.3) is 0 Å². The van der Waals surface area contributed by atoms with Crippen molar-refractivity contribution in [2.24, 2.45) is 0 Å². The van der Waals surface area contributed by atoms with Gasteiger partial charge in [0.2, 0.25) is 0 Å². The average molecular weight is 131 g/mol. The van der Waals surface area contributed by atoms with Gasteiger partial charge in [0.15, 0.2) is 0 Å². The summed E-state index contributed by atoms with van der Waals surface area (Å²) in [6, 6.07) is 0. The number of hydrogen-bond donors (Lipinski definition) is 2. The molecule has 54 valence electrons. The van der Waals surface area contributed by atoms with E-state index >= 15 is 0 Å². The molecule has 0 aliphatic carbocycles. The van der Waals surface area contributed by atoms with Crippen molar-refractivity contribution >= 4 is 0 Å². The van der Waals surface area contributed by atoms with E-state index in [4.69, 9.17) is 10.2 Å². The van der Waals surface area contributed by atoms with Gasteiger partial charge in [-0.05, 0) is 7.05 Å². The van der Waals surface area contributed by atoms with Crippen LogP contribution in [0, 0.1) is 0 Å². The molecule has 1 heterocycles. The molecule has 1 fully saturated rings. The second-order valence-corrected chi connectivity index (χ2v) is 2.76. The van der Waals surface area contributed by atoms with Crippen LogP contribution >= 0.6 is 0 Å². The Hall–Kier alpha value is -0.120. The highest BCUT2D eigenvalue weighted by molar-refractivity contribution is 4.75. The third-order valence-corrected chi connectivity index (χ3v) is 1.59. The third kappa shape index (κ3) is 1.93. The molecule has 0 aromatic heterocycles. The maximum Gasteiger partial charge on any atom is 0.0692 e. The minimum absolute atomic E-state index is 0.334. The molecule has 9 heavy (non-hydrogen) atoms. The zero-order valence-electron chi connectivity index (χ0n) is 5.62. The van der Waals surface area contributed by atoms with E-state index in [1.807, 2.05) is 11.9 Å². The lowest BCUT2D eigenvalue weighted by Crippen LogP contribution is -2.43. The van der Waals surface area contributed by atoms with Crippen molar-refractivity contribution in [1.29, 1.82) is 0 Å². The first-order valence-corrected chi connectivity index (χ1v) is 3.23. The molecule has 1 aliphatic rings. The molecule has 0 unspecified atom stereocenters. The molecule has 0 bridgehead atoms. The summed E-state index contributed by atoms with van der Waals surface area (Å²) in [5.41, 5.74) is 0. The van der Waals surface area contributed by atoms with Crippen LogP contribution < -0.4 is 0 Å². The Balaban J connectivity index is 2.34. The van der Waals surface area contributed by atoms with Crippen molar-refractivity contribution in [3.63, 3.8) is 0 Å². The van der Waals surface area contributed by atoms with Gasteiger partial charge in [0.25, 0.3) is 0 Å². The number of β-amino-alcohol motifs (C(OH)–C–C–N with tert-alkyl or cyclic N) is 2. The molecule has 3 heteroatoms. The van der Waals surface area contributed by atoms with Crippen molar-refractivity contribution in [3.8, 4) is 0 Å². The first kappa shape index (κ1) is 6.99. The van der Waals surface area contributed by atoms with E-state index in [2.05, 4.69) is 0 Å². The van der Waals surface area contributed by atoms with Crippen molar-refractivity contribution in [2.75, 3.05) is 20.1 Å². The maximum atomic E-state index is 9.05. The van der Waals surface area contributed by atoms with Crippen LogP contribution in [0.15, 0.2) is 0 Å². The van der Waals surface area contributed by atoms with Gasteiger partial charge in [0.1, 0.15) is 0 Å². The molecule has 3 nitrogen and oxygen atoms in total. The first-order chi connectivity index (χ1) is 4.18. The van der Waals surface area contributed by atoms with Crippen molar-refractivity contribution < 1.29 is 10.2 Å². The fourth-order valence-electron chi connectivity index (χ4n) is 1.26. The highest BCUT2D eigenvalue weighted by atomic mass is 16.3. The summed E-state index contributed by atoms with van der Waals surface area (Å²) in [5, 5.41) is 18.1. The second-order valence-electron chi connectivity index (χ2n) is 2.76. The van der Waals surface area contributed by atoms with Crippen molar-refractivity contribution in [1.82, 2.24) is 4.90 Å². The zero-order valence-corrected chi connectivity index (χ0v) is 5.62. The van der Waals surface area contributed by atoms with Gasteiger partial charge in [-0.1, -0.05) is 0 Å². The quantitative estimate of drug-likeness (QED) is 0.445. The molecule has 0 aromatic rings. The van der Waals surface area contributed by atoms with Gasteiger partial charge in [-0.25, -0.2) is 0 Å². The molecule has 1 aliphatic heterocycles. The lowest BCUT2D eigenvalue weighted by Gasteiger charge is -2.29. The Bertz CT molecular complexity index is 72.0. The lowest BCUT2D eigenvalue weighted by atomic mass is 10.1. The van der Waals surface area contributed by atoms with Crippen LogP contribution in [0.5, 0.6) is 0 Å². The van der Waals surface area contributed by atoms with E-state index < -0.39 is 0 Å². The number of aliphatic hydroxyl groups is 2. The molecule has 0 radical (unpaired) electrons. The predicted molar refractivity (Wildman–Crippen MR) is 34.1 cm³/mol. The van der Waals surface area contributed by atoms with Crippen LogP contribution in [-0.2, 0) is 0 Å². The van der Waals surface area contributed by atoms with Gasteiger partial charge in [0, 0.05) is 19.5 Å². The second kappa shape index (κ2) is 2.64. The van der Waals surface area contributed by atoms with E-state index in [1.54, 1.807) is 0 Å². The fourth-order valence-corrected chi connectivity index (χ4v) is 1.26. The molecule has 1 saturated heterocycles. The van der Waals surface area contributed by atoms with Crippen LogP contribution in [0.1, 0.15) is 6.42 Å². The van der Waals surface area contributed by atoms with E-state index in [9.17, 15) is 0 Å². The van der Waals surface area contributed by atoms with Crippen molar-refractivity contribution in [3.05, 3.63) is 0 Å². The van der Waals surface area contributed by atoms with Crippen LogP contribution in [-0.4, -0.2) is 47.5 Å². The Morgan fingerprint density at radius 2 is 1.67 bits per heavy atom. The molecule has 0 aromatic carbocycles. The smallest absolute Gasteiger partial charge is 0.0692 e. The largest absolute Gasteiger partial charge is 0.392 e. The Labute approximate surface area is 54.9 Å². The van der Waals surface area contributed by atoms with Gasteiger partial charge in [-0.2, -0.15) is 0 Å². The van der Waals surface area contributed by atoms with E-state index in [1.165, 1.54) is 0 Å². The number of aliphatic hydroxyl groups excluding tert-OH is 2. The predicted octanol–water partition coefficient (Wildman–Crippen LogP) is -0.956. The van der Waals surface area contributed by atoms with E-state index in [0.29, 0.717) is 19.5 Å². The molecular formula is C6H13NO2. The summed E-state index contributed by atoms with van der Waals surface area (Å²) in [5.74, 6) is 0. The normalized spacial score (nSPS) is 39.0. The maximum absolute atomic E-state index is 9.05. The Morgan fingerprint density at radius 1 is 1.22 bits per heavy atom. The Kier molecular flexibility index (Phi) is 2.05. The van der Waals surface area contributed by atoms with Crippen LogP contribution in [0.3, 0.4) is 0 Å². The summed E-state index contributed by atoms with van der Waals surface area (Å²) in [7, 11) is 1.89. The number of likely N-dealkylation sites (tertiary alicyclic amines) is 1. The van der Waals surface area contributed by atoms with Gasteiger partial charge >= 0.3 is 0 Å². The summed E-state index contributed by atoms with van der Waals surface area (Å²) < 4.78 is 0. The molecular weight excluding hydrogens is 118 g/mol. The van der Waals surface area contributed by atoms with Crippen LogP contribution in [0.2, 0.25) is 0 Å². The lowest BCUT2D eigenvalue weighted by molar-refractivity contribution is 0.00210. The number of piperidine rings is 1. The number of rotatable bonds is 0. The first-order valence-electron chi connectivity index (χ1n) is 3.23. The number of nitrogens with zero attached hydrogens (tertiary/aromatic N) is 1. The molecule has 0 spiro atoms. The highest BCUT2D eigenvalue weighted by Crippen LogP contribution is 2.07. The standard InChI is InChI=1S/C6H13NO2/c1-7-3-5(8)2-6(9)4-7/h5-6,8-9H,2-4H2,1H3/t5-,6-/m0/s1. The van der Waals surface area contributed by atoms with E-state index in [-0.39, 0.29) is 12.2 Å². The zero-order chi connectivity index (χ0) is 6.85. The summed E-state index contributed by atoms with van der Waals surface area (Å²) >= 11 is 0. The monoisotopic (exact) mass is 131 g/mol. The van der Waals surface area contributed by atoms with Crippen molar-refractivity contribution in [2.45, 2.75) is 18.6 Å². The summed E-state index contributed by atoms with van der Waals surface area (Å²) in [6.07, 6.45) is -0.137.